The average molecular weight is 660 g/mol. The van der Waals surface area contributed by atoms with E-state index in [1.54, 1.807) is 0 Å². The summed E-state index contributed by atoms with van der Waals surface area (Å²) in [6.07, 6.45) is 13.1. The fourth-order valence-corrected chi connectivity index (χ4v) is 10.0. The Kier molecular flexibility index (Phi) is 6.59. The monoisotopic (exact) mass is 659 g/mol. The van der Waals surface area contributed by atoms with Crippen molar-refractivity contribution in [1.82, 2.24) is 13.7 Å². The van der Waals surface area contributed by atoms with Crippen molar-refractivity contribution in [3.63, 3.8) is 0 Å². The van der Waals surface area contributed by atoms with Gasteiger partial charge in [-0.15, -0.1) is 0 Å². The van der Waals surface area contributed by atoms with Crippen molar-refractivity contribution in [2.24, 2.45) is 17.8 Å². The van der Waals surface area contributed by atoms with E-state index in [9.17, 15) is 0 Å². The van der Waals surface area contributed by atoms with Crippen LogP contribution in [0.5, 0.6) is 0 Å². The second kappa shape index (κ2) is 11.5. The third-order valence-electron chi connectivity index (χ3n) is 12.4. The number of para-hydroxylation sites is 4. The summed E-state index contributed by atoms with van der Waals surface area (Å²) in [7, 11) is 0. The van der Waals surface area contributed by atoms with E-state index in [2.05, 4.69) is 159 Å². The van der Waals surface area contributed by atoms with E-state index >= 15 is 0 Å². The van der Waals surface area contributed by atoms with Gasteiger partial charge in [-0.2, -0.15) is 0 Å². The second-order valence-corrected chi connectivity index (χ2v) is 15.2. The molecule has 248 valence electrons. The summed E-state index contributed by atoms with van der Waals surface area (Å²) >= 11 is 0. The lowest BCUT2D eigenvalue weighted by Gasteiger charge is -2.29. The fourth-order valence-electron chi connectivity index (χ4n) is 10.0. The summed E-state index contributed by atoms with van der Waals surface area (Å²) in [5, 5.41) is 7.83. The van der Waals surface area contributed by atoms with Crippen LogP contribution >= 0.6 is 0 Å². The fraction of sp³-hybridized carbons (Fsp3) is 0.208. The summed E-state index contributed by atoms with van der Waals surface area (Å²) in [6, 6.07) is 49.7. The molecule has 3 unspecified atom stereocenters. The Morgan fingerprint density at radius 3 is 1.45 bits per heavy atom. The largest absolute Gasteiger partial charge is 0.340 e. The van der Waals surface area contributed by atoms with E-state index in [1.165, 1.54) is 115 Å². The van der Waals surface area contributed by atoms with Gasteiger partial charge in [0, 0.05) is 61.3 Å². The molecule has 3 aromatic heterocycles. The average Bonchev–Trinajstić information content (AvgIpc) is 3.92. The highest BCUT2D eigenvalue weighted by atomic mass is 15.0. The third-order valence-corrected chi connectivity index (χ3v) is 12.4. The molecule has 1 fully saturated rings. The number of aryl methyl sites for hydroxylation is 1. The smallest absolute Gasteiger partial charge is 0.0541 e. The molecule has 3 atom stereocenters. The number of benzene rings is 6. The maximum absolute atomic E-state index is 2.61. The van der Waals surface area contributed by atoms with Crippen LogP contribution in [0.1, 0.15) is 38.5 Å². The van der Waals surface area contributed by atoms with E-state index in [-0.39, 0.29) is 0 Å². The van der Waals surface area contributed by atoms with Crippen LogP contribution in [-0.4, -0.2) is 13.7 Å². The Labute approximate surface area is 298 Å². The minimum Gasteiger partial charge on any atom is -0.340 e. The van der Waals surface area contributed by atoms with Gasteiger partial charge in [0.25, 0.3) is 0 Å². The van der Waals surface area contributed by atoms with E-state index < -0.39 is 0 Å². The Morgan fingerprint density at radius 1 is 0.451 bits per heavy atom. The molecular formula is C48H41N3. The first kappa shape index (κ1) is 29.2. The summed E-state index contributed by atoms with van der Waals surface area (Å²) in [4.78, 5) is 0. The standard InChI is InChI=1S/C48H41N3/c1-5-16-45-37(12-1)38-13-2-6-17-46(38)50(45)35-24-26-43-41(30-35)42-31-36(51-47-18-7-3-14-39(47)40-15-4-8-19-48(40)51)25-27-44(42)49(43)28-10-9-11-33-22-20-32-21-23-34(33)29-32/h1-8,12-19,21,23-27,30-34H,9-11,20,22,28-29H2. The zero-order valence-corrected chi connectivity index (χ0v) is 28.9. The molecule has 0 spiro atoms. The molecule has 3 heterocycles. The van der Waals surface area contributed by atoms with Crippen molar-refractivity contribution >= 4 is 65.4 Å². The van der Waals surface area contributed by atoms with Gasteiger partial charge in [0.15, 0.2) is 0 Å². The highest BCUT2D eigenvalue weighted by molar-refractivity contribution is 6.13. The quantitative estimate of drug-likeness (QED) is 0.119. The van der Waals surface area contributed by atoms with Crippen LogP contribution in [0.25, 0.3) is 76.8 Å². The first-order chi connectivity index (χ1) is 25.3. The van der Waals surface area contributed by atoms with Crippen molar-refractivity contribution in [1.29, 1.82) is 0 Å². The molecule has 2 bridgehead atoms. The van der Waals surface area contributed by atoms with Gasteiger partial charge in [-0.1, -0.05) is 91.4 Å². The topological polar surface area (TPSA) is 14.8 Å². The van der Waals surface area contributed by atoms with Gasteiger partial charge in [0.2, 0.25) is 0 Å². The van der Waals surface area contributed by atoms with Crippen LogP contribution < -0.4 is 0 Å². The second-order valence-electron chi connectivity index (χ2n) is 15.2. The predicted octanol–water partition coefficient (Wildman–Crippen LogP) is 12.8. The molecule has 2 aliphatic rings. The van der Waals surface area contributed by atoms with E-state index in [1.807, 2.05) is 0 Å². The van der Waals surface area contributed by atoms with Crippen molar-refractivity contribution in [2.75, 3.05) is 0 Å². The Hall–Kier alpha value is -5.54. The normalized spacial score (nSPS) is 18.8. The molecule has 11 rings (SSSR count). The highest BCUT2D eigenvalue weighted by Crippen LogP contribution is 2.43. The summed E-state index contributed by atoms with van der Waals surface area (Å²) < 4.78 is 7.52. The maximum atomic E-state index is 2.61. The van der Waals surface area contributed by atoms with E-state index in [4.69, 9.17) is 0 Å². The van der Waals surface area contributed by atoms with Crippen LogP contribution in [0.15, 0.2) is 146 Å². The molecule has 9 aromatic rings. The summed E-state index contributed by atoms with van der Waals surface area (Å²) in [5.74, 6) is 2.57. The summed E-state index contributed by atoms with van der Waals surface area (Å²) in [5.41, 5.74) is 10.1. The van der Waals surface area contributed by atoms with Crippen molar-refractivity contribution in [2.45, 2.75) is 45.1 Å². The number of nitrogens with zero attached hydrogens (tertiary/aromatic N) is 3. The van der Waals surface area contributed by atoms with E-state index in [0.29, 0.717) is 0 Å². The van der Waals surface area contributed by atoms with Crippen LogP contribution in [-0.2, 0) is 6.54 Å². The maximum Gasteiger partial charge on any atom is 0.0541 e. The molecule has 3 nitrogen and oxygen atoms in total. The number of unbranched alkanes of at least 4 members (excludes halogenated alkanes) is 1. The number of hydrogen-bond acceptors (Lipinski definition) is 0. The number of fused-ring (bicyclic) bond motifs is 11. The van der Waals surface area contributed by atoms with Crippen LogP contribution in [0, 0.1) is 17.8 Å². The Balaban J connectivity index is 1.07. The van der Waals surface area contributed by atoms with Gasteiger partial charge in [-0.3, -0.25) is 0 Å². The molecule has 51 heavy (non-hydrogen) atoms. The SMILES string of the molecule is C1=CC2CC1CCC2CCCCn1c2ccc(-n3c4ccccc4c4ccccc43)cc2c2cc(-n3c4ccccc4c4ccccc43)ccc21. The van der Waals surface area contributed by atoms with Gasteiger partial charge in [0.05, 0.1) is 22.1 Å². The molecule has 1 saturated carbocycles. The van der Waals surface area contributed by atoms with Crippen molar-refractivity contribution in [3.05, 3.63) is 146 Å². The lowest BCUT2D eigenvalue weighted by Crippen LogP contribution is -2.18. The number of allylic oxidation sites excluding steroid dienone is 2. The molecule has 0 radical (unpaired) electrons. The summed E-state index contributed by atoms with van der Waals surface area (Å²) in [6.45, 7) is 1.04. The molecule has 0 saturated heterocycles. The minimum absolute atomic E-state index is 0.829. The lowest BCUT2D eigenvalue weighted by molar-refractivity contribution is 0.246. The first-order valence-electron chi connectivity index (χ1n) is 19.0. The Morgan fingerprint density at radius 2 is 0.941 bits per heavy atom. The van der Waals surface area contributed by atoms with Gasteiger partial charge < -0.3 is 13.7 Å². The van der Waals surface area contributed by atoms with E-state index in [0.717, 1.165) is 24.3 Å². The minimum atomic E-state index is 0.829. The first-order valence-corrected chi connectivity index (χ1v) is 19.0. The molecule has 0 N–H and O–H groups in total. The third kappa shape index (κ3) is 4.50. The van der Waals surface area contributed by atoms with Crippen LogP contribution in [0.2, 0.25) is 0 Å². The predicted molar refractivity (Wildman–Crippen MR) is 215 cm³/mol. The van der Waals surface area contributed by atoms with Gasteiger partial charge >= 0.3 is 0 Å². The van der Waals surface area contributed by atoms with Gasteiger partial charge in [-0.25, -0.2) is 0 Å². The van der Waals surface area contributed by atoms with Gasteiger partial charge in [0.1, 0.15) is 0 Å². The highest BCUT2D eigenvalue weighted by Gasteiger charge is 2.31. The zero-order valence-electron chi connectivity index (χ0n) is 28.9. The lowest BCUT2D eigenvalue weighted by atomic mass is 9.77. The number of aromatic nitrogens is 3. The van der Waals surface area contributed by atoms with Crippen LogP contribution in [0.3, 0.4) is 0 Å². The zero-order chi connectivity index (χ0) is 33.5. The molecule has 0 aliphatic heterocycles. The molecule has 2 aliphatic carbocycles. The van der Waals surface area contributed by atoms with Crippen LogP contribution in [0.4, 0.5) is 0 Å². The molecular weight excluding hydrogens is 619 g/mol. The molecule has 3 heteroatoms. The van der Waals surface area contributed by atoms with Crippen molar-refractivity contribution < 1.29 is 0 Å². The Bertz CT molecular complexity index is 2540. The van der Waals surface area contributed by atoms with Gasteiger partial charge in [-0.05, 0) is 111 Å². The molecule has 0 amide bonds. The number of rotatable bonds is 7. The van der Waals surface area contributed by atoms with Crippen molar-refractivity contribution in [3.8, 4) is 11.4 Å². The molecule has 6 aromatic carbocycles. The number of hydrogen-bond donors (Lipinski definition) is 0.